The van der Waals surface area contributed by atoms with Crippen LogP contribution in [0.25, 0.3) is 0 Å². The zero-order chi connectivity index (χ0) is 34.3. The molecule has 0 saturated heterocycles. The Morgan fingerprint density at radius 2 is 0.894 bits per heavy atom. The molecule has 0 radical (unpaired) electrons. The highest BCUT2D eigenvalue weighted by molar-refractivity contribution is 5.81. The highest BCUT2D eigenvalue weighted by Gasteiger charge is 2.10. The van der Waals surface area contributed by atoms with E-state index in [-0.39, 0.29) is 6.10 Å². The molecule has 47 heavy (non-hydrogen) atoms. The normalized spacial score (nSPS) is 13.4. The lowest BCUT2D eigenvalue weighted by Crippen LogP contribution is -2.14. The fourth-order valence-electron chi connectivity index (χ4n) is 5.83. The predicted octanol–water partition coefficient (Wildman–Crippen LogP) is 14.5. The van der Waals surface area contributed by atoms with Gasteiger partial charge in [0.1, 0.15) is 6.10 Å². The zero-order valence-corrected chi connectivity index (χ0v) is 32.5. The van der Waals surface area contributed by atoms with Gasteiger partial charge in [0.15, 0.2) is 0 Å². The van der Waals surface area contributed by atoms with Gasteiger partial charge in [0.05, 0.1) is 5.71 Å². The molecule has 0 N–H and O–H groups in total. The Kier molecular flexibility index (Phi) is 37.5. The Morgan fingerprint density at radius 1 is 0.511 bits per heavy atom. The van der Waals surface area contributed by atoms with Gasteiger partial charge in [-0.15, -0.1) is 0 Å². The largest absolute Gasteiger partial charge is 0.393 e. The Labute approximate surface area is 295 Å². The van der Waals surface area contributed by atoms with Crippen LogP contribution in [0.3, 0.4) is 0 Å². The van der Waals surface area contributed by atoms with E-state index < -0.39 is 0 Å². The van der Waals surface area contributed by atoms with Gasteiger partial charge in [-0.25, -0.2) is 0 Å². The van der Waals surface area contributed by atoms with Crippen LogP contribution in [0, 0.1) is 0 Å². The van der Waals surface area contributed by atoms with Crippen LogP contribution < -0.4 is 0 Å². The van der Waals surface area contributed by atoms with Crippen molar-refractivity contribution < 1.29 is 4.84 Å². The van der Waals surface area contributed by atoms with Crippen molar-refractivity contribution in [2.45, 2.75) is 207 Å². The second-order valence-electron chi connectivity index (χ2n) is 14.2. The van der Waals surface area contributed by atoms with Crippen molar-refractivity contribution in [3.63, 3.8) is 0 Å². The lowest BCUT2D eigenvalue weighted by Gasteiger charge is -2.16. The van der Waals surface area contributed by atoms with E-state index >= 15 is 0 Å². The molecular weight excluding hydrogens is 572 g/mol. The first kappa shape index (κ1) is 45.4. The van der Waals surface area contributed by atoms with Gasteiger partial charge < -0.3 is 9.74 Å². The summed E-state index contributed by atoms with van der Waals surface area (Å²) in [4.78, 5) is 8.40. The second-order valence-corrected chi connectivity index (χ2v) is 14.2. The number of oxime groups is 1. The van der Waals surface area contributed by atoms with Gasteiger partial charge in [0.25, 0.3) is 0 Å². The topological polar surface area (TPSA) is 24.8 Å². The minimum absolute atomic E-state index is 0.287. The first-order chi connectivity index (χ1) is 23.1. The van der Waals surface area contributed by atoms with Crippen molar-refractivity contribution in [2.24, 2.45) is 5.16 Å². The number of allylic oxidation sites excluding steroid dienone is 8. The summed E-state index contributed by atoms with van der Waals surface area (Å²) in [7, 11) is 4.28. The Hall–Kier alpha value is -1.61. The summed E-state index contributed by atoms with van der Waals surface area (Å²) in [6, 6.07) is 0. The quantitative estimate of drug-likeness (QED) is 0.0291. The number of unbranched alkanes of at least 4 members (excludes halogenated alkanes) is 18. The molecule has 0 aliphatic carbocycles. The maximum Gasteiger partial charge on any atom is 0.127 e. The molecule has 0 unspecified atom stereocenters. The van der Waals surface area contributed by atoms with E-state index in [9.17, 15) is 0 Å². The standard InChI is InChI=1S/C44H82N2O/c1-6-8-10-12-14-16-18-20-22-24-26-28-30-32-34-36-40-44(47-45-43(3)39-38-42-46(4)5)41-37-35-33-31-29-27-25-23-21-19-17-15-13-11-9-7-2/h14-17,20-23,44H,6-13,18-19,24-42H2,1-5H3. The van der Waals surface area contributed by atoms with Gasteiger partial charge in [-0.05, 0) is 130 Å². The Balaban J connectivity index is 4.09. The van der Waals surface area contributed by atoms with Crippen LogP contribution in [-0.4, -0.2) is 37.4 Å². The van der Waals surface area contributed by atoms with Crippen LogP contribution in [0.15, 0.2) is 53.8 Å². The fourth-order valence-corrected chi connectivity index (χ4v) is 5.83. The zero-order valence-electron chi connectivity index (χ0n) is 32.5. The van der Waals surface area contributed by atoms with Crippen LogP contribution in [0.2, 0.25) is 0 Å². The van der Waals surface area contributed by atoms with E-state index in [1.807, 2.05) is 0 Å². The molecular formula is C44H82N2O. The molecule has 0 rings (SSSR count). The van der Waals surface area contributed by atoms with Crippen LogP contribution in [0.4, 0.5) is 0 Å². The molecule has 0 atom stereocenters. The van der Waals surface area contributed by atoms with Gasteiger partial charge >= 0.3 is 0 Å². The molecule has 0 saturated carbocycles. The molecule has 274 valence electrons. The molecule has 0 fully saturated rings. The third kappa shape index (κ3) is 38.7. The molecule has 0 amide bonds. The lowest BCUT2D eigenvalue weighted by atomic mass is 10.0. The molecule has 3 nitrogen and oxygen atoms in total. The Morgan fingerprint density at radius 3 is 1.30 bits per heavy atom. The van der Waals surface area contributed by atoms with Crippen molar-refractivity contribution >= 4 is 5.71 Å². The highest BCUT2D eigenvalue weighted by atomic mass is 16.6. The summed E-state index contributed by atoms with van der Waals surface area (Å²) < 4.78 is 0. The van der Waals surface area contributed by atoms with Crippen molar-refractivity contribution in [3.8, 4) is 0 Å². The molecule has 0 aromatic rings. The first-order valence-electron chi connectivity index (χ1n) is 20.5. The van der Waals surface area contributed by atoms with Crippen molar-refractivity contribution in [2.75, 3.05) is 20.6 Å². The maximum atomic E-state index is 6.16. The van der Waals surface area contributed by atoms with Crippen molar-refractivity contribution in [1.82, 2.24) is 4.90 Å². The fraction of sp³-hybridized carbons (Fsp3) is 0.795. The van der Waals surface area contributed by atoms with Gasteiger partial charge in [0.2, 0.25) is 0 Å². The molecule has 0 bridgehead atoms. The summed E-state index contributed by atoms with van der Waals surface area (Å²) in [6.45, 7) is 7.78. The highest BCUT2D eigenvalue weighted by Crippen LogP contribution is 2.18. The third-order valence-electron chi connectivity index (χ3n) is 8.95. The summed E-state index contributed by atoms with van der Waals surface area (Å²) in [6.07, 6.45) is 54.8. The number of hydrogen-bond donors (Lipinski definition) is 0. The second kappa shape index (κ2) is 38.8. The van der Waals surface area contributed by atoms with Crippen molar-refractivity contribution in [1.29, 1.82) is 0 Å². The van der Waals surface area contributed by atoms with Gasteiger partial charge in [-0.2, -0.15) is 0 Å². The summed E-state index contributed by atoms with van der Waals surface area (Å²) in [5.74, 6) is 0. The van der Waals surface area contributed by atoms with E-state index in [0.717, 1.165) is 50.8 Å². The summed E-state index contributed by atoms with van der Waals surface area (Å²) in [5, 5.41) is 4.58. The van der Waals surface area contributed by atoms with Crippen LogP contribution in [0.1, 0.15) is 201 Å². The van der Waals surface area contributed by atoms with Crippen LogP contribution >= 0.6 is 0 Å². The van der Waals surface area contributed by atoms with Gasteiger partial charge in [-0.1, -0.05) is 145 Å². The number of nitrogens with zero attached hydrogens (tertiary/aromatic N) is 2. The molecule has 0 spiro atoms. The van der Waals surface area contributed by atoms with E-state index in [0.29, 0.717) is 0 Å². The van der Waals surface area contributed by atoms with Crippen LogP contribution in [-0.2, 0) is 4.84 Å². The lowest BCUT2D eigenvalue weighted by molar-refractivity contribution is 0.0424. The minimum Gasteiger partial charge on any atom is -0.393 e. The third-order valence-corrected chi connectivity index (χ3v) is 8.95. The molecule has 0 aromatic carbocycles. The molecule has 0 aliphatic heterocycles. The summed E-state index contributed by atoms with van der Waals surface area (Å²) >= 11 is 0. The van der Waals surface area contributed by atoms with Gasteiger partial charge in [-0.3, -0.25) is 0 Å². The van der Waals surface area contributed by atoms with Crippen LogP contribution in [0.5, 0.6) is 0 Å². The maximum absolute atomic E-state index is 6.16. The monoisotopic (exact) mass is 655 g/mol. The SMILES string of the molecule is CCCCCC=CCC=CCCCCCCCCC(CCCCCCCCC=CCC=CCCCCC)ON=C(C)CCCN(C)C. The first-order valence-corrected chi connectivity index (χ1v) is 20.5. The number of rotatable bonds is 36. The molecule has 0 heterocycles. The smallest absolute Gasteiger partial charge is 0.127 e. The van der Waals surface area contributed by atoms with E-state index in [4.69, 9.17) is 4.84 Å². The Bertz CT molecular complexity index is 715. The minimum atomic E-state index is 0.287. The van der Waals surface area contributed by atoms with Gasteiger partial charge in [0, 0.05) is 0 Å². The average molecular weight is 655 g/mol. The average Bonchev–Trinajstić information content (AvgIpc) is 3.06. The van der Waals surface area contributed by atoms with E-state index in [1.165, 1.54) is 141 Å². The predicted molar refractivity (Wildman–Crippen MR) is 214 cm³/mol. The number of hydrogen-bond acceptors (Lipinski definition) is 3. The van der Waals surface area contributed by atoms with Crippen molar-refractivity contribution in [3.05, 3.63) is 48.6 Å². The summed E-state index contributed by atoms with van der Waals surface area (Å²) in [5.41, 5.74) is 1.14. The molecule has 0 aromatic heterocycles. The van der Waals surface area contributed by atoms with E-state index in [2.05, 4.69) is 93.5 Å². The molecule has 3 heteroatoms. The molecule has 0 aliphatic rings. The van der Waals surface area contributed by atoms with E-state index in [1.54, 1.807) is 0 Å².